The molecule has 0 bridgehead atoms. The van der Waals surface area contributed by atoms with Gasteiger partial charge < -0.3 is 24.8 Å². The first kappa shape index (κ1) is 26.4. The molecule has 204 valence electrons. The van der Waals surface area contributed by atoms with Gasteiger partial charge >= 0.3 is 0 Å². The molecule has 1 fully saturated rings. The largest absolute Gasteiger partial charge is 0.497 e. The number of imidazole rings is 1. The number of benzene rings is 2. The summed E-state index contributed by atoms with van der Waals surface area (Å²) in [5.41, 5.74) is 4.24. The summed E-state index contributed by atoms with van der Waals surface area (Å²) in [6.45, 7) is 6.60. The minimum atomic E-state index is -0.565. The number of amides is 1. The van der Waals surface area contributed by atoms with E-state index in [-0.39, 0.29) is 17.5 Å². The van der Waals surface area contributed by atoms with E-state index < -0.39 is 5.82 Å². The van der Waals surface area contributed by atoms with Crippen molar-refractivity contribution < 1.29 is 23.4 Å². The van der Waals surface area contributed by atoms with Crippen molar-refractivity contribution in [1.82, 2.24) is 24.8 Å². The first-order valence-electron chi connectivity index (χ1n) is 12.7. The maximum absolute atomic E-state index is 14.7. The van der Waals surface area contributed by atoms with Gasteiger partial charge in [-0.05, 0) is 36.8 Å². The number of morpholine rings is 1. The predicted octanol–water partition coefficient (Wildman–Crippen LogP) is 3.75. The van der Waals surface area contributed by atoms with Crippen LogP contribution in [0.1, 0.15) is 15.9 Å². The molecule has 0 spiro atoms. The molecule has 0 radical (unpaired) electrons. The number of nitrogens with zero attached hydrogens (tertiary/aromatic N) is 4. The summed E-state index contributed by atoms with van der Waals surface area (Å²) in [5, 5.41) is 10.7. The van der Waals surface area contributed by atoms with E-state index in [2.05, 4.69) is 25.6 Å². The molecule has 1 aliphatic heterocycles. The molecule has 0 atom stereocenters. The number of rotatable bonds is 9. The van der Waals surface area contributed by atoms with Gasteiger partial charge in [-0.1, -0.05) is 6.07 Å². The monoisotopic (exact) mass is 534 g/mol. The van der Waals surface area contributed by atoms with Crippen molar-refractivity contribution in [2.75, 3.05) is 58.9 Å². The van der Waals surface area contributed by atoms with Crippen LogP contribution < -0.4 is 20.1 Å². The number of aryl methyl sites for hydroxylation is 1. The molecule has 5 rings (SSSR count). The molecule has 0 aliphatic carbocycles. The van der Waals surface area contributed by atoms with E-state index in [1.807, 2.05) is 19.1 Å². The predicted molar refractivity (Wildman–Crippen MR) is 145 cm³/mol. The third-order valence-corrected chi connectivity index (χ3v) is 6.64. The van der Waals surface area contributed by atoms with Crippen molar-refractivity contribution in [3.05, 3.63) is 65.6 Å². The Labute approximate surface area is 225 Å². The van der Waals surface area contributed by atoms with Crippen molar-refractivity contribution in [2.45, 2.75) is 6.92 Å². The number of methoxy groups -OCH3 is 1. The standard InChI is InChI=1S/C28H31FN6O4/c1-18-14-19(4-6-21(18)28(36)30-2)24-17-32-27-23(31-8-9-34-10-12-38-13-11-34)16-26(33-35(24)27)39-25-7-5-20(37-3)15-22(25)29/h4-7,14-17,31H,8-13H2,1-3H3,(H,30,36). The molecule has 10 nitrogen and oxygen atoms in total. The van der Waals surface area contributed by atoms with Crippen molar-refractivity contribution in [3.63, 3.8) is 0 Å². The molecule has 4 aromatic rings. The lowest BCUT2D eigenvalue weighted by molar-refractivity contribution is 0.0398. The van der Waals surface area contributed by atoms with Crippen LogP contribution in [0.3, 0.4) is 0 Å². The zero-order valence-corrected chi connectivity index (χ0v) is 22.2. The van der Waals surface area contributed by atoms with Gasteiger partial charge in [0.2, 0.25) is 5.88 Å². The number of fused-ring (bicyclic) bond motifs is 1. The second kappa shape index (κ2) is 11.7. The minimum Gasteiger partial charge on any atom is -0.497 e. The van der Waals surface area contributed by atoms with Gasteiger partial charge in [0.15, 0.2) is 17.2 Å². The zero-order chi connectivity index (χ0) is 27.4. The Balaban J connectivity index is 1.50. The summed E-state index contributed by atoms with van der Waals surface area (Å²) in [6, 6.07) is 11.6. The fourth-order valence-electron chi connectivity index (χ4n) is 4.51. The lowest BCUT2D eigenvalue weighted by Gasteiger charge is -2.26. The van der Waals surface area contributed by atoms with Crippen LogP contribution in [0.2, 0.25) is 0 Å². The molecule has 1 aliphatic rings. The summed E-state index contributed by atoms with van der Waals surface area (Å²) in [5.74, 6) is -0.113. The number of ether oxygens (including phenoxy) is 3. The number of aromatic nitrogens is 3. The summed E-state index contributed by atoms with van der Waals surface area (Å²) < 4.78 is 32.8. The van der Waals surface area contributed by atoms with Gasteiger partial charge in [0, 0.05) is 56.5 Å². The smallest absolute Gasteiger partial charge is 0.251 e. The Hall–Kier alpha value is -4.22. The third kappa shape index (κ3) is 5.79. The van der Waals surface area contributed by atoms with Gasteiger partial charge in [-0.2, -0.15) is 0 Å². The van der Waals surface area contributed by atoms with E-state index in [9.17, 15) is 9.18 Å². The molecule has 0 saturated carbocycles. The molecular formula is C28H31FN6O4. The molecule has 11 heteroatoms. The average molecular weight is 535 g/mol. The number of nitrogens with one attached hydrogen (secondary N) is 2. The van der Waals surface area contributed by atoms with Crippen LogP contribution in [0, 0.1) is 12.7 Å². The molecule has 0 unspecified atom stereocenters. The maximum Gasteiger partial charge on any atom is 0.251 e. The fraction of sp³-hybridized carbons (Fsp3) is 0.321. The number of carbonyl (C=O) groups is 1. The van der Waals surface area contributed by atoms with Crippen molar-refractivity contribution in [2.24, 2.45) is 0 Å². The highest BCUT2D eigenvalue weighted by Gasteiger charge is 2.18. The normalized spacial score (nSPS) is 13.8. The average Bonchev–Trinajstić information content (AvgIpc) is 3.38. The van der Waals surface area contributed by atoms with E-state index in [4.69, 9.17) is 14.2 Å². The second-order valence-electron chi connectivity index (χ2n) is 9.16. The van der Waals surface area contributed by atoms with Crippen LogP contribution in [0.5, 0.6) is 17.4 Å². The molecule has 1 saturated heterocycles. The van der Waals surface area contributed by atoms with Gasteiger partial charge in [-0.25, -0.2) is 13.9 Å². The van der Waals surface area contributed by atoms with E-state index in [1.54, 1.807) is 36.0 Å². The summed E-state index contributed by atoms with van der Waals surface area (Å²) in [6.07, 6.45) is 1.72. The first-order valence-corrected chi connectivity index (χ1v) is 12.7. The highest BCUT2D eigenvalue weighted by molar-refractivity contribution is 5.96. The van der Waals surface area contributed by atoms with E-state index in [0.29, 0.717) is 34.9 Å². The highest BCUT2D eigenvalue weighted by atomic mass is 19.1. The SMILES string of the molecule is CNC(=O)c1ccc(-c2cnc3c(NCCN4CCOCC4)cc(Oc4ccc(OC)cc4F)nn23)cc1C. The van der Waals surface area contributed by atoms with Gasteiger partial charge in [-0.15, -0.1) is 5.10 Å². The second-order valence-corrected chi connectivity index (χ2v) is 9.16. The number of hydrogen-bond donors (Lipinski definition) is 2. The highest BCUT2D eigenvalue weighted by Crippen LogP contribution is 2.31. The molecular weight excluding hydrogens is 503 g/mol. The van der Waals surface area contributed by atoms with E-state index >= 15 is 0 Å². The van der Waals surface area contributed by atoms with Crippen molar-refractivity contribution >= 4 is 17.2 Å². The van der Waals surface area contributed by atoms with E-state index in [1.165, 1.54) is 19.2 Å². The zero-order valence-electron chi connectivity index (χ0n) is 22.2. The van der Waals surface area contributed by atoms with Crippen LogP contribution in [-0.4, -0.2) is 79.0 Å². The number of carbonyl (C=O) groups excluding carboxylic acids is 1. The summed E-state index contributed by atoms with van der Waals surface area (Å²) in [4.78, 5) is 19.1. The van der Waals surface area contributed by atoms with Gasteiger partial charge in [0.25, 0.3) is 5.91 Å². The van der Waals surface area contributed by atoms with Gasteiger partial charge in [-0.3, -0.25) is 9.69 Å². The molecule has 3 heterocycles. The third-order valence-electron chi connectivity index (χ3n) is 6.64. The lowest BCUT2D eigenvalue weighted by atomic mass is 10.0. The summed E-state index contributed by atoms with van der Waals surface area (Å²) in [7, 11) is 3.08. The molecule has 39 heavy (non-hydrogen) atoms. The van der Waals surface area contributed by atoms with Gasteiger partial charge in [0.1, 0.15) is 5.75 Å². The quantitative estimate of drug-likeness (QED) is 0.335. The number of anilines is 1. The van der Waals surface area contributed by atoms with Crippen molar-refractivity contribution in [1.29, 1.82) is 0 Å². The molecule has 1 amide bonds. The number of hydrogen-bond acceptors (Lipinski definition) is 8. The van der Waals surface area contributed by atoms with E-state index in [0.717, 1.165) is 44.0 Å². The first-order chi connectivity index (χ1) is 19.0. The fourth-order valence-corrected chi connectivity index (χ4v) is 4.51. The Morgan fingerprint density at radius 3 is 2.69 bits per heavy atom. The van der Waals surface area contributed by atoms with Crippen LogP contribution in [0.4, 0.5) is 10.1 Å². The minimum absolute atomic E-state index is 0.0226. The van der Waals surface area contributed by atoms with Crippen LogP contribution in [0.25, 0.3) is 16.9 Å². The number of halogens is 1. The molecule has 2 N–H and O–H groups in total. The Bertz CT molecular complexity index is 1480. The van der Waals surface area contributed by atoms with Crippen LogP contribution in [0.15, 0.2) is 48.7 Å². The summed E-state index contributed by atoms with van der Waals surface area (Å²) >= 11 is 0. The Morgan fingerprint density at radius 1 is 1.15 bits per heavy atom. The van der Waals surface area contributed by atoms with Crippen LogP contribution >= 0.6 is 0 Å². The Morgan fingerprint density at radius 2 is 1.97 bits per heavy atom. The lowest BCUT2D eigenvalue weighted by Crippen LogP contribution is -2.39. The maximum atomic E-state index is 14.7. The topological polar surface area (TPSA) is 102 Å². The Kier molecular flexibility index (Phi) is 7.89. The van der Waals surface area contributed by atoms with Crippen LogP contribution in [-0.2, 0) is 4.74 Å². The molecule has 2 aromatic heterocycles. The van der Waals surface area contributed by atoms with Gasteiger partial charge in [0.05, 0.1) is 37.9 Å². The molecule has 2 aromatic carbocycles. The van der Waals surface area contributed by atoms with Crippen molar-refractivity contribution in [3.8, 4) is 28.6 Å².